The molecule has 0 saturated heterocycles. The van der Waals surface area contributed by atoms with Crippen LogP contribution >= 0.6 is 0 Å². The van der Waals surface area contributed by atoms with Crippen molar-refractivity contribution in [2.75, 3.05) is 24.3 Å². The van der Waals surface area contributed by atoms with Gasteiger partial charge in [0.05, 0.1) is 19.0 Å². The number of methoxy groups -OCH3 is 1. The lowest BCUT2D eigenvalue weighted by molar-refractivity contribution is -0.120. The number of hydrogen-bond donors (Lipinski definition) is 2. The summed E-state index contributed by atoms with van der Waals surface area (Å²) in [4.78, 5) is 16.4. The van der Waals surface area contributed by atoms with Crippen molar-refractivity contribution in [3.63, 3.8) is 0 Å². The number of pyridine rings is 1. The summed E-state index contributed by atoms with van der Waals surface area (Å²) >= 11 is 0. The van der Waals surface area contributed by atoms with Crippen molar-refractivity contribution in [1.82, 2.24) is 4.98 Å². The number of nitrogens with one attached hydrogen (secondary N) is 2. The second-order valence-electron chi connectivity index (χ2n) is 5.96. The minimum atomic E-state index is 0.0382. The molecule has 5 nitrogen and oxygen atoms in total. The second-order valence-corrected chi connectivity index (χ2v) is 5.96. The van der Waals surface area contributed by atoms with Crippen LogP contribution in [0.1, 0.15) is 32.3 Å². The highest BCUT2D eigenvalue weighted by Crippen LogP contribution is 2.15. The molecule has 0 bridgehead atoms. The van der Waals surface area contributed by atoms with E-state index in [9.17, 15) is 4.79 Å². The van der Waals surface area contributed by atoms with Gasteiger partial charge in [0, 0.05) is 12.5 Å². The van der Waals surface area contributed by atoms with Crippen molar-refractivity contribution in [1.29, 1.82) is 0 Å². The van der Waals surface area contributed by atoms with Gasteiger partial charge in [0.1, 0.15) is 11.6 Å². The van der Waals surface area contributed by atoms with Crippen LogP contribution in [0.15, 0.2) is 42.6 Å². The van der Waals surface area contributed by atoms with E-state index in [0.717, 1.165) is 37.2 Å². The van der Waals surface area contributed by atoms with Crippen molar-refractivity contribution in [2.45, 2.75) is 33.1 Å². The average molecular weight is 341 g/mol. The number of anilines is 2. The molecule has 0 fully saturated rings. The van der Waals surface area contributed by atoms with E-state index in [1.807, 2.05) is 44.2 Å². The van der Waals surface area contributed by atoms with Gasteiger partial charge in [-0.3, -0.25) is 4.79 Å². The first-order valence-electron chi connectivity index (χ1n) is 8.80. The van der Waals surface area contributed by atoms with Crippen LogP contribution in [0.25, 0.3) is 0 Å². The molecule has 0 aliphatic rings. The number of amides is 1. The molecule has 0 radical (unpaired) electrons. The molecule has 5 heteroatoms. The summed E-state index contributed by atoms with van der Waals surface area (Å²) in [6.07, 6.45) is 4.32. The number of aromatic nitrogens is 1. The quantitative estimate of drug-likeness (QED) is 0.720. The molecule has 1 heterocycles. The molecule has 2 aromatic rings. The third-order valence-electron chi connectivity index (χ3n) is 4.25. The molecule has 25 heavy (non-hydrogen) atoms. The number of nitrogens with zero attached hydrogens (tertiary/aromatic N) is 1. The normalized spacial score (nSPS) is 10.6. The number of benzene rings is 1. The van der Waals surface area contributed by atoms with Gasteiger partial charge in [0.15, 0.2) is 0 Å². The van der Waals surface area contributed by atoms with E-state index in [4.69, 9.17) is 4.74 Å². The zero-order valence-electron chi connectivity index (χ0n) is 15.2. The first-order chi connectivity index (χ1) is 12.2. The van der Waals surface area contributed by atoms with Gasteiger partial charge in [-0.15, -0.1) is 0 Å². The Morgan fingerprint density at radius 3 is 2.64 bits per heavy atom. The molecule has 0 spiro atoms. The van der Waals surface area contributed by atoms with E-state index in [1.165, 1.54) is 5.56 Å². The Labute approximate surface area is 149 Å². The fourth-order valence-electron chi connectivity index (χ4n) is 2.64. The molecule has 2 N–H and O–H groups in total. The van der Waals surface area contributed by atoms with Crippen LogP contribution < -0.4 is 15.4 Å². The maximum Gasteiger partial charge on any atom is 0.228 e. The molecule has 1 aromatic carbocycles. The van der Waals surface area contributed by atoms with Gasteiger partial charge in [0.25, 0.3) is 0 Å². The fourth-order valence-corrected chi connectivity index (χ4v) is 2.64. The van der Waals surface area contributed by atoms with E-state index in [2.05, 4.69) is 21.7 Å². The molecular formula is C20H27N3O2. The van der Waals surface area contributed by atoms with Crippen LogP contribution in [-0.2, 0) is 11.2 Å². The van der Waals surface area contributed by atoms with Crippen molar-refractivity contribution in [2.24, 2.45) is 5.92 Å². The highest BCUT2D eigenvalue weighted by Gasteiger charge is 2.14. The topological polar surface area (TPSA) is 63.2 Å². The van der Waals surface area contributed by atoms with Crippen LogP contribution in [0, 0.1) is 5.92 Å². The van der Waals surface area contributed by atoms with Crippen LogP contribution in [0.3, 0.4) is 0 Å². The highest BCUT2D eigenvalue weighted by atomic mass is 16.5. The highest BCUT2D eigenvalue weighted by molar-refractivity contribution is 5.91. The minimum absolute atomic E-state index is 0.0382. The predicted octanol–water partition coefficient (Wildman–Crippen LogP) is 4.12. The fraction of sp³-hybridized carbons (Fsp3) is 0.400. The van der Waals surface area contributed by atoms with E-state index >= 15 is 0 Å². The van der Waals surface area contributed by atoms with Crippen LogP contribution in [0.2, 0.25) is 0 Å². The van der Waals surface area contributed by atoms with Gasteiger partial charge < -0.3 is 15.4 Å². The lowest BCUT2D eigenvalue weighted by Crippen LogP contribution is -2.22. The third kappa shape index (κ3) is 5.78. The molecule has 1 amide bonds. The van der Waals surface area contributed by atoms with Gasteiger partial charge in [-0.25, -0.2) is 4.98 Å². The Morgan fingerprint density at radius 2 is 2.00 bits per heavy atom. The molecule has 0 unspecified atom stereocenters. The maximum atomic E-state index is 12.1. The minimum Gasteiger partial charge on any atom is -0.497 e. The van der Waals surface area contributed by atoms with E-state index < -0.39 is 0 Å². The van der Waals surface area contributed by atoms with Gasteiger partial charge in [-0.2, -0.15) is 0 Å². The first-order valence-corrected chi connectivity index (χ1v) is 8.80. The summed E-state index contributed by atoms with van der Waals surface area (Å²) in [5.41, 5.74) is 2.15. The smallest absolute Gasteiger partial charge is 0.228 e. The molecule has 0 saturated carbocycles. The monoisotopic (exact) mass is 341 g/mol. The summed E-state index contributed by atoms with van der Waals surface area (Å²) < 4.78 is 5.23. The summed E-state index contributed by atoms with van der Waals surface area (Å²) in [5, 5.41) is 6.21. The first kappa shape index (κ1) is 18.8. The lowest BCUT2D eigenvalue weighted by atomic mass is 10.0. The summed E-state index contributed by atoms with van der Waals surface area (Å²) in [7, 11) is 1.67. The predicted molar refractivity (Wildman–Crippen MR) is 102 cm³/mol. The molecule has 134 valence electrons. The van der Waals surface area contributed by atoms with E-state index in [1.54, 1.807) is 13.3 Å². The van der Waals surface area contributed by atoms with Crippen molar-refractivity contribution in [3.8, 4) is 5.75 Å². The Morgan fingerprint density at radius 1 is 1.20 bits per heavy atom. The summed E-state index contributed by atoms with van der Waals surface area (Å²) in [6, 6.07) is 11.8. The third-order valence-corrected chi connectivity index (χ3v) is 4.25. The van der Waals surface area contributed by atoms with Crippen molar-refractivity contribution in [3.05, 3.63) is 48.2 Å². The Hall–Kier alpha value is -2.56. The van der Waals surface area contributed by atoms with Crippen molar-refractivity contribution >= 4 is 17.4 Å². The van der Waals surface area contributed by atoms with E-state index in [-0.39, 0.29) is 11.8 Å². The van der Waals surface area contributed by atoms with Crippen LogP contribution in [0.4, 0.5) is 11.5 Å². The van der Waals surface area contributed by atoms with Crippen LogP contribution in [0.5, 0.6) is 5.75 Å². The van der Waals surface area contributed by atoms with Gasteiger partial charge >= 0.3 is 0 Å². The molecule has 0 aliphatic carbocycles. The van der Waals surface area contributed by atoms with Crippen molar-refractivity contribution < 1.29 is 9.53 Å². The molecular weight excluding hydrogens is 314 g/mol. The Kier molecular flexibility index (Phi) is 7.26. The number of carbonyl (C=O) groups is 1. The van der Waals surface area contributed by atoms with E-state index in [0.29, 0.717) is 5.82 Å². The van der Waals surface area contributed by atoms with Gasteiger partial charge in [-0.05, 0) is 49.1 Å². The van der Waals surface area contributed by atoms with Crippen LogP contribution in [-0.4, -0.2) is 24.5 Å². The Bertz CT molecular complexity index is 667. The molecule has 0 aliphatic heterocycles. The van der Waals surface area contributed by atoms with Gasteiger partial charge in [0.2, 0.25) is 5.91 Å². The SMILES string of the molecule is CCC(CC)C(=O)Nc1ccc(NCCc2cccc(OC)c2)cn1. The van der Waals surface area contributed by atoms with Gasteiger partial charge in [-0.1, -0.05) is 26.0 Å². The molecule has 0 atom stereocenters. The zero-order valence-corrected chi connectivity index (χ0v) is 15.2. The molecule has 1 aromatic heterocycles. The maximum absolute atomic E-state index is 12.1. The number of carbonyl (C=O) groups excluding carboxylic acids is 1. The number of ether oxygens (including phenoxy) is 1. The zero-order chi connectivity index (χ0) is 18.1. The summed E-state index contributed by atoms with van der Waals surface area (Å²) in [5.74, 6) is 1.55. The standard InChI is InChI=1S/C20H27N3O2/c1-4-16(5-2)20(24)23-19-10-9-17(14-22-19)21-12-11-15-7-6-8-18(13-15)25-3/h6-10,13-14,16,21H,4-5,11-12H2,1-3H3,(H,22,23,24). The second kappa shape index (κ2) is 9.67. The average Bonchev–Trinajstić information content (AvgIpc) is 2.64. The lowest BCUT2D eigenvalue weighted by Gasteiger charge is -2.12. The number of rotatable bonds is 9. The number of hydrogen-bond acceptors (Lipinski definition) is 4. The Balaban J connectivity index is 1.82. The largest absolute Gasteiger partial charge is 0.497 e. The molecule has 2 rings (SSSR count). The summed E-state index contributed by atoms with van der Waals surface area (Å²) in [6.45, 7) is 4.85.